The van der Waals surface area contributed by atoms with Crippen LogP contribution in [0.15, 0.2) is 18.2 Å². The Hall–Kier alpha value is -1.00. The molecule has 2 nitrogen and oxygen atoms in total. The molecular formula is C14H21F2NO. The normalized spacial score (nSPS) is 14.5. The molecule has 0 heterocycles. The molecule has 0 aliphatic heterocycles. The van der Waals surface area contributed by atoms with Crippen molar-refractivity contribution in [2.45, 2.75) is 39.3 Å². The number of likely N-dealkylation sites (N-methyl/N-ethyl adjacent to an activating group) is 1. The Balaban J connectivity index is 3.05. The van der Waals surface area contributed by atoms with Crippen LogP contribution in [-0.4, -0.2) is 19.3 Å². The van der Waals surface area contributed by atoms with Crippen LogP contribution >= 0.6 is 0 Å². The van der Waals surface area contributed by atoms with Gasteiger partial charge in [0.1, 0.15) is 11.6 Å². The second-order valence-corrected chi connectivity index (χ2v) is 4.10. The smallest absolute Gasteiger partial charge is 0.128 e. The lowest BCUT2D eigenvalue weighted by molar-refractivity contribution is 0.0308. The van der Waals surface area contributed by atoms with E-state index in [9.17, 15) is 8.78 Å². The molecule has 0 amide bonds. The van der Waals surface area contributed by atoms with Crippen LogP contribution < -0.4 is 5.32 Å². The van der Waals surface area contributed by atoms with E-state index in [1.165, 1.54) is 6.07 Å². The van der Waals surface area contributed by atoms with Gasteiger partial charge in [-0.2, -0.15) is 0 Å². The summed E-state index contributed by atoms with van der Waals surface area (Å²) in [5, 5.41) is 3.17. The lowest BCUT2D eigenvalue weighted by atomic mass is 9.98. The van der Waals surface area contributed by atoms with Crippen molar-refractivity contribution in [3.8, 4) is 0 Å². The molecule has 4 heteroatoms. The molecule has 0 aromatic heterocycles. The first-order valence-electron chi connectivity index (χ1n) is 6.43. The van der Waals surface area contributed by atoms with Crippen molar-refractivity contribution < 1.29 is 13.5 Å². The fourth-order valence-corrected chi connectivity index (χ4v) is 2.08. The van der Waals surface area contributed by atoms with Gasteiger partial charge in [-0.15, -0.1) is 0 Å². The van der Waals surface area contributed by atoms with Gasteiger partial charge in [-0.3, -0.25) is 0 Å². The Morgan fingerprint density at radius 3 is 2.50 bits per heavy atom. The fourth-order valence-electron chi connectivity index (χ4n) is 2.08. The quantitative estimate of drug-likeness (QED) is 0.808. The molecule has 0 radical (unpaired) electrons. The van der Waals surface area contributed by atoms with Crippen LogP contribution in [0.4, 0.5) is 8.78 Å². The van der Waals surface area contributed by atoms with E-state index in [0.717, 1.165) is 18.6 Å². The highest BCUT2D eigenvalue weighted by Gasteiger charge is 2.24. The first-order valence-corrected chi connectivity index (χ1v) is 6.43. The van der Waals surface area contributed by atoms with Gasteiger partial charge < -0.3 is 10.1 Å². The van der Waals surface area contributed by atoms with Crippen LogP contribution in [0.1, 0.15) is 38.8 Å². The average Bonchev–Trinajstić information content (AvgIpc) is 2.37. The summed E-state index contributed by atoms with van der Waals surface area (Å²) < 4.78 is 32.7. The SMILES string of the molecule is CCNC(c1cc(F)ccc1F)C(CC)OCC. The third kappa shape index (κ3) is 3.75. The van der Waals surface area contributed by atoms with E-state index in [-0.39, 0.29) is 12.1 Å². The van der Waals surface area contributed by atoms with Crippen LogP contribution in [0.2, 0.25) is 0 Å². The molecule has 0 spiro atoms. The highest BCUT2D eigenvalue weighted by Crippen LogP contribution is 2.25. The summed E-state index contributed by atoms with van der Waals surface area (Å²) in [5.74, 6) is -0.832. The van der Waals surface area contributed by atoms with Gasteiger partial charge in [0.05, 0.1) is 12.1 Å². The van der Waals surface area contributed by atoms with Gasteiger partial charge in [0.2, 0.25) is 0 Å². The molecular weight excluding hydrogens is 236 g/mol. The van der Waals surface area contributed by atoms with Crippen molar-refractivity contribution in [2.75, 3.05) is 13.2 Å². The molecule has 102 valence electrons. The van der Waals surface area contributed by atoms with Crippen LogP contribution in [0.3, 0.4) is 0 Å². The number of nitrogens with one attached hydrogen (secondary N) is 1. The Bertz CT molecular complexity index is 371. The molecule has 0 aliphatic carbocycles. The predicted molar refractivity (Wildman–Crippen MR) is 68.5 cm³/mol. The molecule has 1 aromatic rings. The third-order valence-corrected chi connectivity index (χ3v) is 2.87. The van der Waals surface area contributed by atoms with Crippen LogP contribution in [0.25, 0.3) is 0 Å². The van der Waals surface area contributed by atoms with Crippen LogP contribution in [0.5, 0.6) is 0 Å². The summed E-state index contributed by atoms with van der Waals surface area (Å²) in [6.45, 7) is 7.03. The minimum atomic E-state index is -0.430. The molecule has 18 heavy (non-hydrogen) atoms. The number of benzene rings is 1. The molecule has 0 fully saturated rings. The van der Waals surface area contributed by atoms with Crippen molar-refractivity contribution >= 4 is 0 Å². The highest BCUT2D eigenvalue weighted by atomic mass is 19.1. The lowest BCUT2D eigenvalue weighted by Crippen LogP contribution is -2.34. The Kier molecular flexibility index (Phi) is 6.22. The van der Waals surface area contributed by atoms with E-state index >= 15 is 0 Å². The van der Waals surface area contributed by atoms with Crippen LogP contribution in [-0.2, 0) is 4.74 Å². The summed E-state index contributed by atoms with van der Waals surface area (Å²) >= 11 is 0. The molecule has 0 saturated carbocycles. The lowest BCUT2D eigenvalue weighted by Gasteiger charge is -2.27. The highest BCUT2D eigenvalue weighted by molar-refractivity contribution is 5.23. The molecule has 0 saturated heterocycles. The third-order valence-electron chi connectivity index (χ3n) is 2.87. The van der Waals surface area contributed by atoms with E-state index in [0.29, 0.717) is 18.7 Å². The monoisotopic (exact) mass is 257 g/mol. The molecule has 0 bridgehead atoms. The van der Waals surface area contributed by atoms with Gasteiger partial charge in [-0.05, 0) is 38.1 Å². The van der Waals surface area contributed by atoms with Gasteiger partial charge in [-0.25, -0.2) is 8.78 Å². The summed E-state index contributed by atoms with van der Waals surface area (Å²) in [7, 11) is 0. The van der Waals surface area contributed by atoms with Gasteiger partial charge >= 0.3 is 0 Å². The second-order valence-electron chi connectivity index (χ2n) is 4.10. The fraction of sp³-hybridized carbons (Fsp3) is 0.571. The van der Waals surface area contributed by atoms with Crippen molar-refractivity contribution in [2.24, 2.45) is 0 Å². The zero-order chi connectivity index (χ0) is 13.5. The van der Waals surface area contributed by atoms with Gasteiger partial charge in [-0.1, -0.05) is 13.8 Å². The second kappa shape index (κ2) is 7.44. The van der Waals surface area contributed by atoms with E-state index in [4.69, 9.17) is 4.74 Å². The molecule has 1 aromatic carbocycles. The van der Waals surface area contributed by atoms with E-state index < -0.39 is 11.6 Å². The van der Waals surface area contributed by atoms with Gasteiger partial charge in [0.15, 0.2) is 0 Å². The van der Waals surface area contributed by atoms with E-state index in [2.05, 4.69) is 5.32 Å². The maximum absolute atomic E-state index is 13.8. The van der Waals surface area contributed by atoms with E-state index in [1.807, 2.05) is 20.8 Å². The van der Waals surface area contributed by atoms with Crippen molar-refractivity contribution in [1.29, 1.82) is 0 Å². The minimum absolute atomic E-state index is 0.161. The topological polar surface area (TPSA) is 21.3 Å². The zero-order valence-corrected chi connectivity index (χ0v) is 11.2. The Labute approximate surface area is 107 Å². The van der Waals surface area contributed by atoms with Gasteiger partial charge in [0.25, 0.3) is 0 Å². The Morgan fingerprint density at radius 1 is 1.22 bits per heavy atom. The van der Waals surface area contributed by atoms with Crippen molar-refractivity contribution in [3.05, 3.63) is 35.4 Å². The summed E-state index contributed by atoms with van der Waals surface area (Å²) in [6.07, 6.45) is 0.577. The number of hydrogen-bond donors (Lipinski definition) is 1. The summed E-state index contributed by atoms with van der Waals surface area (Å²) in [4.78, 5) is 0. The standard InChI is InChI=1S/C14H21F2NO/c1-4-13(18-6-3)14(17-5-2)11-9-10(15)7-8-12(11)16/h7-9,13-14,17H,4-6H2,1-3H3. The van der Waals surface area contributed by atoms with E-state index in [1.54, 1.807) is 0 Å². The molecule has 1 rings (SSSR count). The van der Waals surface area contributed by atoms with Crippen LogP contribution in [0, 0.1) is 11.6 Å². The average molecular weight is 257 g/mol. The first-order chi connectivity index (χ1) is 8.63. The van der Waals surface area contributed by atoms with Gasteiger partial charge in [0, 0.05) is 12.2 Å². The maximum atomic E-state index is 13.8. The number of rotatable bonds is 7. The summed E-state index contributed by atoms with van der Waals surface area (Å²) in [6, 6.07) is 3.21. The summed E-state index contributed by atoms with van der Waals surface area (Å²) in [5.41, 5.74) is 0.331. The first kappa shape index (κ1) is 15.1. The minimum Gasteiger partial charge on any atom is -0.377 e. The predicted octanol–water partition coefficient (Wildman–Crippen LogP) is 3.43. The van der Waals surface area contributed by atoms with Crippen molar-refractivity contribution in [3.63, 3.8) is 0 Å². The van der Waals surface area contributed by atoms with Crippen molar-refractivity contribution in [1.82, 2.24) is 5.32 Å². The number of halogens is 2. The largest absolute Gasteiger partial charge is 0.377 e. The Morgan fingerprint density at radius 2 is 1.94 bits per heavy atom. The molecule has 0 aliphatic rings. The molecule has 2 unspecified atom stereocenters. The molecule has 1 N–H and O–H groups in total. The maximum Gasteiger partial charge on any atom is 0.128 e. The molecule has 2 atom stereocenters. The zero-order valence-electron chi connectivity index (χ0n) is 11.2. The number of hydrogen-bond acceptors (Lipinski definition) is 2. The number of ether oxygens (including phenoxy) is 1.